The SMILES string of the molecule is Cc1ccc2c(c1)[C@H](N)CCC2NC(=O)c1ccc(C(F)(F)F)[nH]c1=O. The van der Waals surface area contributed by atoms with Crippen LogP contribution in [0.25, 0.3) is 0 Å². The van der Waals surface area contributed by atoms with Crippen LogP contribution in [0.1, 0.15) is 57.7 Å². The van der Waals surface area contributed by atoms with Crippen LogP contribution in [-0.2, 0) is 6.18 Å². The number of halogens is 3. The molecular formula is C18H18F3N3O2. The van der Waals surface area contributed by atoms with Gasteiger partial charge in [0.15, 0.2) is 0 Å². The molecule has 0 fully saturated rings. The van der Waals surface area contributed by atoms with Gasteiger partial charge in [0, 0.05) is 6.04 Å². The van der Waals surface area contributed by atoms with E-state index in [0.717, 1.165) is 22.8 Å². The summed E-state index contributed by atoms with van der Waals surface area (Å²) in [4.78, 5) is 26.0. The average Bonchev–Trinajstić information content (AvgIpc) is 2.56. The first-order chi connectivity index (χ1) is 12.2. The monoisotopic (exact) mass is 365 g/mol. The first-order valence-corrected chi connectivity index (χ1v) is 8.14. The summed E-state index contributed by atoms with van der Waals surface area (Å²) in [6.07, 6.45) is -3.43. The van der Waals surface area contributed by atoms with Crippen LogP contribution in [0.15, 0.2) is 35.1 Å². The summed E-state index contributed by atoms with van der Waals surface area (Å²) >= 11 is 0. The zero-order valence-electron chi connectivity index (χ0n) is 14.0. The van der Waals surface area contributed by atoms with Gasteiger partial charge in [0.2, 0.25) is 0 Å². The molecule has 1 aliphatic carbocycles. The number of nitrogens with one attached hydrogen (secondary N) is 2. The fourth-order valence-electron chi connectivity index (χ4n) is 3.19. The standard InChI is InChI=1S/C18H18F3N3O2/c1-9-2-3-10-12(8-9)13(22)5-6-14(10)23-16(25)11-4-7-15(18(19,20)21)24-17(11)26/h2-4,7-8,13-14H,5-6,22H2,1H3,(H,23,25)(H,24,26)/t13-,14?/m1/s1. The highest BCUT2D eigenvalue weighted by Gasteiger charge is 2.33. The average molecular weight is 365 g/mol. The highest BCUT2D eigenvalue weighted by Crippen LogP contribution is 2.35. The Kier molecular flexibility index (Phi) is 4.62. The Balaban J connectivity index is 1.86. The smallest absolute Gasteiger partial charge is 0.345 e. The van der Waals surface area contributed by atoms with Gasteiger partial charge < -0.3 is 16.0 Å². The molecule has 5 nitrogen and oxygen atoms in total. The number of rotatable bonds is 2. The van der Waals surface area contributed by atoms with Crippen molar-refractivity contribution < 1.29 is 18.0 Å². The molecule has 0 bridgehead atoms. The number of hydrogen-bond donors (Lipinski definition) is 3. The first kappa shape index (κ1) is 18.2. The fraction of sp³-hybridized carbons (Fsp3) is 0.333. The Morgan fingerprint density at radius 3 is 2.58 bits per heavy atom. The van der Waals surface area contributed by atoms with Crippen LogP contribution in [-0.4, -0.2) is 10.9 Å². The number of nitrogens with two attached hydrogens (primary N) is 1. The van der Waals surface area contributed by atoms with Crippen molar-refractivity contribution >= 4 is 5.91 Å². The summed E-state index contributed by atoms with van der Waals surface area (Å²) in [5.41, 5.74) is 6.35. The number of carbonyl (C=O) groups is 1. The number of carbonyl (C=O) groups excluding carboxylic acids is 1. The van der Waals surface area contributed by atoms with Crippen LogP contribution in [0.5, 0.6) is 0 Å². The van der Waals surface area contributed by atoms with E-state index >= 15 is 0 Å². The highest BCUT2D eigenvalue weighted by molar-refractivity contribution is 5.94. The second kappa shape index (κ2) is 6.60. The fourth-order valence-corrected chi connectivity index (χ4v) is 3.19. The summed E-state index contributed by atoms with van der Waals surface area (Å²) in [7, 11) is 0. The zero-order chi connectivity index (χ0) is 19.1. The maximum absolute atomic E-state index is 12.6. The highest BCUT2D eigenvalue weighted by atomic mass is 19.4. The van der Waals surface area contributed by atoms with Gasteiger partial charge in [0.05, 0.1) is 6.04 Å². The summed E-state index contributed by atoms with van der Waals surface area (Å²) in [6, 6.07) is 6.84. The molecule has 1 aromatic heterocycles. The number of benzene rings is 1. The van der Waals surface area contributed by atoms with Crippen molar-refractivity contribution in [3.8, 4) is 0 Å². The quantitative estimate of drug-likeness (QED) is 0.765. The normalized spacial score (nSPS) is 19.7. The molecule has 1 unspecified atom stereocenters. The molecule has 0 saturated heterocycles. The molecule has 4 N–H and O–H groups in total. The lowest BCUT2D eigenvalue weighted by atomic mass is 9.83. The van der Waals surface area contributed by atoms with E-state index < -0.39 is 23.3 Å². The van der Waals surface area contributed by atoms with Gasteiger partial charge in [0.1, 0.15) is 11.3 Å². The Labute approximate surface area is 147 Å². The number of aromatic amines is 1. The van der Waals surface area contributed by atoms with E-state index in [9.17, 15) is 22.8 Å². The van der Waals surface area contributed by atoms with Crippen LogP contribution in [0, 0.1) is 6.92 Å². The molecule has 0 spiro atoms. The van der Waals surface area contributed by atoms with E-state index in [0.29, 0.717) is 18.9 Å². The molecule has 138 valence electrons. The summed E-state index contributed by atoms with van der Waals surface area (Å²) in [5.74, 6) is -0.716. The third-order valence-electron chi connectivity index (χ3n) is 4.55. The van der Waals surface area contributed by atoms with Crippen LogP contribution in [0.4, 0.5) is 13.2 Å². The van der Waals surface area contributed by atoms with E-state index in [1.807, 2.05) is 25.1 Å². The van der Waals surface area contributed by atoms with Gasteiger partial charge in [-0.25, -0.2) is 0 Å². The van der Waals surface area contributed by atoms with Crippen molar-refractivity contribution in [1.29, 1.82) is 0 Å². The molecule has 26 heavy (non-hydrogen) atoms. The van der Waals surface area contributed by atoms with E-state index in [4.69, 9.17) is 5.73 Å². The third-order valence-corrected chi connectivity index (χ3v) is 4.55. The molecule has 0 saturated carbocycles. The minimum Gasteiger partial charge on any atom is -0.345 e. The molecule has 8 heteroatoms. The number of aryl methyl sites for hydroxylation is 1. The van der Waals surface area contributed by atoms with Gasteiger partial charge in [-0.2, -0.15) is 13.2 Å². The maximum atomic E-state index is 12.6. The molecule has 1 heterocycles. The van der Waals surface area contributed by atoms with Crippen molar-refractivity contribution in [3.05, 3.63) is 68.6 Å². The van der Waals surface area contributed by atoms with Crippen molar-refractivity contribution in [1.82, 2.24) is 10.3 Å². The first-order valence-electron chi connectivity index (χ1n) is 8.14. The van der Waals surface area contributed by atoms with E-state index in [1.54, 1.807) is 4.98 Å². The van der Waals surface area contributed by atoms with Crippen molar-refractivity contribution in [3.63, 3.8) is 0 Å². The topological polar surface area (TPSA) is 88.0 Å². The Bertz CT molecular complexity index is 905. The minimum absolute atomic E-state index is 0.132. The van der Waals surface area contributed by atoms with Gasteiger partial charge in [-0.15, -0.1) is 0 Å². The van der Waals surface area contributed by atoms with E-state index in [2.05, 4.69) is 5.32 Å². The van der Waals surface area contributed by atoms with Crippen LogP contribution in [0.2, 0.25) is 0 Å². The second-order valence-corrected chi connectivity index (χ2v) is 6.45. The Morgan fingerprint density at radius 1 is 1.19 bits per heavy atom. The lowest BCUT2D eigenvalue weighted by Gasteiger charge is -2.30. The second-order valence-electron chi connectivity index (χ2n) is 6.45. The van der Waals surface area contributed by atoms with Crippen molar-refractivity contribution in [2.24, 2.45) is 5.73 Å². The van der Waals surface area contributed by atoms with Gasteiger partial charge in [-0.1, -0.05) is 23.8 Å². The van der Waals surface area contributed by atoms with Crippen molar-refractivity contribution in [2.45, 2.75) is 38.0 Å². The minimum atomic E-state index is -4.68. The molecule has 1 amide bonds. The predicted molar refractivity (Wildman–Crippen MR) is 89.6 cm³/mol. The Hall–Kier alpha value is -2.61. The number of pyridine rings is 1. The largest absolute Gasteiger partial charge is 0.431 e. The summed E-state index contributed by atoms with van der Waals surface area (Å²) < 4.78 is 37.9. The lowest BCUT2D eigenvalue weighted by Crippen LogP contribution is -2.36. The van der Waals surface area contributed by atoms with Gasteiger partial charge in [-0.3, -0.25) is 9.59 Å². The molecule has 2 aromatic rings. The maximum Gasteiger partial charge on any atom is 0.431 e. The number of H-pyrrole nitrogens is 1. The molecule has 0 radical (unpaired) electrons. The molecule has 1 aromatic carbocycles. The van der Waals surface area contributed by atoms with Crippen LogP contribution < -0.4 is 16.6 Å². The third kappa shape index (κ3) is 3.50. The number of alkyl halides is 3. The molecular weight excluding hydrogens is 347 g/mol. The predicted octanol–water partition coefficient (Wildman–Crippen LogP) is 2.97. The van der Waals surface area contributed by atoms with E-state index in [1.165, 1.54) is 0 Å². The lowest BCUT2D eigenvalue weighted by molar-refractivity contribution is -0.141. The van der Waals surface area contributed by atoms with Gasteiger partial charge in [0.25, 0.3) is 11.5 Å². The zero-order valence-corrected chi connectivity index (χ0v) is 14.0. The van der Waals surface area contributed by atoms with Gasteiger partial charge >= 0.3 is 6.18 Å². The van der Waals surface area contributed by atoms with Crippen LogP contribution in [0.3, 0.4) is 0 Å². The molecule has 2 atom stereocenters. The molecule has 1 aliphatic rings. The number of amides is 1. The molecule has 0 aliphatic heterocycles. The molecule has 3 rings (SSSR count). The number of fused-ring (bicyclic) bond motifs is 1. The summed E-state index contributed by atoms with van der Waals surface area (Å²) in [5, 5.41) is 2.73. The number of hydrogen-bond acceptors (Lipinski definition) is 3. The van der Waals surface area contributed by atoms with Crippen molar-refractivity contribution in [2.75, 3.05) is 0 Å². The van der Waals surface area contributed by atoms with Gasteiger partial charge in [-0.05, 0) is 43.0 Å². The van der Waals surface area contributed by atoms with E-state index in [-0.39, 0.29) is 17.6 Å². The van der Waals surface area contributed by atoms with Crippen LogP contribution >= 0.6 is 0 Å². The number of aromatic nitrogens is 1. The summed E-state index contributed by atoms with van der Waals surface area (Å²) in [6.45, 7) is 1.94. The Morgan fingerprint density at radius 2 is 1.92 bits per heavy atom.